The van der Waals surface area contributed by atoms with Gasteiger partial charge in [0.05, 0.1) is 5.41 Å². The van der Waals surface area contributed by atoms with Gasteiger partial charge >= 0.3 is 6.03 Å². The summed E-state index contributed by atoms with van der Waals surface area (Å²) in [5, 5.41) is 0. The quantitative estimate of drug-likeness (QED) is 0.686. The largest absolute Gasteiger partial charge is 0.386 e. The van der Waals surface area contributed by atoms with Gasteiger partial charge in [0.2, 0.25) is 0 Å². The predicted molar refractivity (Wildman–Crippen MR) is 56.2 cm³/mol. The maximum absolute atomic E-state index is 11.0. The second-order valence-electron chi connectivity index (χ2n) is 3.76. The first kappa shape index (κ1) is 10.7. The van der Waals surface area contributed by atoms with E-state index in [0.717, 1.165) is 0 Å². The van der Waals surface area contributed by atoms with Gasteiger partial charge in [-0.25, -0.2) is 4.79 Å². The van der Waals surface area contributed by atoms with Crippen LogP contribution in [-0.4, -0.2) is 17.7 Å². The van der Waals surface area contributed by atoms with Gasteiger partial charge in [0.1, 0.15) is 11.7 Å². The summed E-state index contributed by atoms with van der Waals surface area (Å²) in [7, 11) is 0. The zero-order valence-corrected chi connectivity index (χ0v) is 8.74. The van der Waals surface area contributed by atoms with Crippen molar-refractivity contribution in [2.75, 3.05) is 0 Å². The molecule has 78 valence electrons. The lowest BCUT2D eigenvalue weighted by atomic mass is 9.72. The zero-order valence-electron chi connectivity index (χ0n) is 8.74. The Labute approximate surface area is 83.3 Å². The first-order chi connectivity index (χ1) is 6.45. The van der Waals surface area contributed by atoms with Gasteiger partial charge in [-0.05, 0) is 12.3 Å². The van der Waals surface area contributed by atoms with Crippen molar-refractivity contribution in [1.82, 2.24) is 0 Å². The van der Waals surface area contributed by atoms with Gasteiger partial charge < -0.3 is 11.5 Å². The summed E-state index contributed by atoms with van der Waals surface area (Å²) in [6, 6.07) is -0.607. The highest BCUT2D eigenvalue weighted by molar-refractivity contribution is 6.17. The molecule has 0 radical (unpaired) electrons. The number of aliphatic imine (C=N–C) groups is 2. The molecule has 1 rings (SSSR count). The molecule has 0 aliphatic carbocycles. The molecule has 0 atom stereocenters. The second kappa shape index (κ2) is 3.40. The number of amidine groups is 2. The highest BCUT2D eigenvalue weighted by Crippen LogP contribution is 2.34. The topological polar surface area (TPSA) is 93.8 Å². The third-order valence-corrected chi connectivity index (χ3v) is 2.89. The second-order valence-corrected chi connectivity index (χ2v) is 3.76. The standard InChI is InChI=1S/C9H16N4O/c1-4-9(5(2)3)6(10)12-8(14)13-7(9)11/h5H,4H2,1-3H3,(H4,10,11,12,13,14). The first-order valence-corrected chi connectivity index (χ1v) is 4.68. The molecule has 0 fully saturated rings. The summed E-state index contributed by atoms with van der Waals surface area (Å²) < 4.78 is 0. The van der Waals surface area contributed by atoms with Gasteiger partial charge in [-0.3, -0.25) is 0 Å². The molecular formula is C9H16N4O. The van der Waals surface area contributed by atoms with E-state index in [1.54, 1.807) is 0 Å². The van der Waals surface area contributed by atoms with Crippen LogP contribution in [0.2, 0.25) is 0 Å². The molecule has 0 saturated carbocycles. The maximum Gasteiger partial charge on any atom is 0.370 e. The SMILES string of the molecule is CCC1(C(C)C)C(N)=NC(=O)N=C1N. The van der Waals surface area contributed by atoms with Crippen molar-refractivity contribution >= 4 is 17.7 Å². The molecule has 0 saturated heterocycles. The number of amides is 2. The molecule has 0 aromatic rings. The van der Waals surface area contributed by atoms with Gasteiger partial charge in [0.15, 0.2) is 0 Å². The van der Waals surface area contributed by atoms with Gasteiger partial charge in [-0.15, -0.1) is 0 Å². The molecule has 1 aliphatic rings. The zero-order chi connectivity index (χ0) is 10.9. The molecule has 0 bridgehead atoms. The molecular weight excluding hydrogens is 180 g/mol. The molecule has 5 nitrogen and oxygen atoms in total. The van der Waals surface area contributed by atoms with E-state index in [1.807, 2.05) is 20.8 Å². The van der Waals surface area contributed by atoms with E-state index >= 15 is 0 Å². The number of carbonyl (C=O) groups excluding carboxylic acids is 1. The van der Waals surface area contributed by atoms with E-state index in [2.05, 4.69) is 9.98 Å². The van der Waals surface area contributed by atoms with Crippen LogP contribution in [0.5, 0.6) is 0 Å². The van der Waals surface area contributed by atoms with Crippen LogP contribution in [0.3, 0.4) is 0 Å². The highest BCUT2D eigenvalue weighted by atomic mass is 16.2. The molecule has 2 amide bonds. The lowest BCUT2D eigenvalue weighted by Crippen LogP contribution is -2.53. The van der Waals surface area contributed by atoms with E-state index in [4.69, 9.17) is 11.5 Å². The summed E-state index contributed by atoms with van der Waals surface area (Å²) in [4.78, 5) is 18.3. The molecule has 0 spiro atoms. The predicted octanol–water partition coefficient (Wildman–Crippen LogP) is 0.887. The van der Waals surface area contributed by atoms with Gasteiger partial charge in [-0.2, -0.15) is 9.98 Å². The lowest BCUT2D eigenvalue weighted by Gasteiger charge is -2.36. The number of hydrogen-bond donors (Lipinski definition) is 2. The Bertz CT molecular complexity index is 295. The van der Waals surface area contributed by atoms with Crippen LogP contribution >= 0.6 is 0 Å². The van der Waals surface area contributed by atoms with Crippen LogP contribution in [0.15, 0.2) is 9.98 Å². The minimum atomic E-state index is -0.607. The Morgan fingerprint density at radius 2 is 1.71 bits per heavy atom. The molecule has 1 heterocycles. The molecule has 0 aromatic carbocycles. The van der Waals surface area contributed by atoms with Gasteiger partial charge in [-0.1, -0.05) is 20.8 Å². The van der Waals surface area contributed by atoms with Crippen LogP contribution in [0.1, 0.15) is 27.2 Å². The smallest absolute Gasteiger partial charge is 0.370 e. The Balaban J connectivity index is 3.25. The van der Waals surface area contributed by atoms with E-state index in [1.165, 1.54) is 0 Å². The van der Waals surface area contributed by atoms with E-state index < -0.39 is 11.4 Å². The monoisotopic (exact) mass is 196 g/mol. The summed E-state index contributed by atoms with van der Waals surface area (Å²) in [6.45, 7) is 5.94. The molecule has 0 unspecified atom stereocenters. The van der Waals surface area contributed by atoms with Gasteiger partial charge in [0, 0.05) is 0 Å². The van der Waals surface area contributed by atoms with Crippen molar-refractivity contribution < 1.29 is 4.79 Å². The lowest BCUT2D eigenvalue weighted by molar-refractivity contribution is 0.255. The van der Waals surface area contributed by atoms with E-state index in [0.29, 0.717) is 6.42 Å². The molecule has 14 heavy (non-hydrogen) atoms. The molecule has 5 heteroatoms. The normalized spacial score (nSPS) is 20.7. The van der Waals surface area contributed by atoms with Crippen molar-refractivity contribution in [3.63, 3.8) is 0 Å². The van der Waals surface area contributed by atoms with Crippen LogP contribution in [0, 0.1) is 11.3 Å². The highest BCUT2D eigenvalue weighted by Gasteiger charge is 2.43. The fourth-order valence-corrected chi connectivity index (χ4v) is 1.92. The number of urea groups is 1. The Morgan fingerprint density at radius 1 is 1.29 bits per heavy atom. The third-order valence-electron chi connectivity index (χ3n) is 2.89. The minimum Gasteiger partial charge on any atom is -0.386 e. The summed E-state index contributed by atoms with van der Waals surface area (Å²) in [5.41, 5.74) is 11.0. The average Bonchev–Trinajstić information content (AvgIpc) is 2.03. The summed E-state index contributed by atoms with van der Waals surface area (Å²) in [5.74, 6) is 0.744. The van der Waals surface area contributed by atoms with Crippen molar-refractivity contribution in [2.45, 2.75) is 27.2 Å². The van der Waals surface area contributed by atoms with Crippen molar-refractivity contribution in [3.8, 4) is 0 Å². The van der Waals surface area contributed by atoms with Crippen molar-refractivity contribution in [1.29, 1.82) is 0 Å². The number of nitrogens with zero attached hydrogens (tertiary/aromatic N) is 2. The summed E-state index contributed by atoms with van der Waals surface area (Å²) >= 11 is 0. The van der Waals surface area contributed by atoms with Crippen LogP contribution in [0.4, 0.5) is 4.79 Å². The molecule has 4 N–H and O–H groups in total. The maximum atomic E-state index is 11.0. The summed E-state index contributed by atoms with van der Waals surface area (Å²) in [6.07, 6.45) is 0.697. The van der Waals surface area contributed by atoms with Crippen LogP contribution in [-0.2, 0) is 0 Å². The van der Waals surface area contributed by atoms with Crippen molar-refractivity contribution in [2.24, 2.45) is 32.8 Å². The fraction of sp³-hybridized carbons (Fsp3) is 0.667. The minimum absolute atomic E-state index is 0.174. The average molecular weight is 196 g/mol. The van der Waals surface area contributed by atoms with Crippen LogP contribution < -0.4 is 11.5 Å². The first-order valence-electron chi connectivity index (χ1n) is 4.68. The molecule has 0 aromatic heterocycles. The van der Waals surface area contributed by atoms with Crippen molar-refractivity contribution in [3.05, 3.63) is 0 Å². The molecule has 1 aliphatic heterocycles. The Hall–Kier alpha value is -1.39. The Kier molecular flexibility index (Phi) is 2.59. The fourth-order valence-electron chi connectivity index (χ4n) is 1.92. The number of rotatable bonds is 2. The van der Waals surface area contributed by atoms with Crippen LogP contribution in [0.25, 0.3) is 0 Å². The third kappa shape index (κ3) is 1.29. The Morgan fingerprint density at radius 3 is 2.00 bits per heavy atom. The number of nitrogens with two attached hydrogens (primary N) is 2. The van der Waals surface area contributed by atoms with Gasteiger partial charge in [0.25, 0.3) is 0 Å². The number of carbonyl (C=O) groups is 1. The van der Waals surface area contributed by atoms with E-state index in [9.17, 15) is 4.79 Å². The van der Waals surface area contributed by atoms with E-state index in [-0.39, 0.29) is 17.6 Å². The number of hydrogen-bond acceptors (Lipinski definition) is 3.